The lowest BCUT2D eigenvalue weighted by atomic mass is 10.1. The van der Waals surface area contributed by atoms with Crippen LogP contribution in [0.25, 0.3) is 10.7 Å². The second-order valence-corrected chi connectivity index (χ2v) is 7.41. The van der Waals surface area contributed by atoms with Gasteiger partial charge in [-0.05, 0) is 49.6 Å². The first-order valence-electron chi connectivity index (χ1n) is 7.53. The SMILES string of the molecule is CCn1c(SC(C)C(=O)c2ccc(F)cc2)nnc1-c1cccs1. The third kappa shape index (κ3) is 3.42. The van der Waals surface area contributed by atoms with Gasteiger partial charge in [0.2, 0.25) is 0 Å². The zero-order valence-electron chi connectivity index (χ0n) is 13.3. The lowest BCUT2D eigenvalue weighted by Gasteiger charge is -2.11. The zero-order valence-corrected chi connectivity index (χ0v) is 14.9. The average molecular weight is 361 g/mol. The highest BCUT2D eigenvalue weighted by molar-refractivity contribution is 8.00. The van der Waals surface area contributed by atoms with Gasteiger partial charge in [0.25, 0.3) is 0 Å². The van der Waals surface area contributed by atoms with Crippen LogP contribution in [0.5, 0.6) is 0 Å². The molecule has 3 aromatic rings. The Bertz CT molecular complexity index is 828. The first-order chi connectivity index (χ1) is 11.6. The van der Waals surface area contributed by atoms with Crippen LogP contribution < -0.4 is 0 Å². The molecule has 24 heavy (non-hydrogen) atoms. The van der Waals surface area contributed by atoms with Crippen LogP contribution in [0.1, 0.15) is 24.2 Å². The van der Waals surface area contributed by atoms with Gasteiger partial charge in [0.05, 0.1) is 10.1 Å². The second kappa shape index (κ2) is 7.27. The number of ketones is 1. The van der Waals surface area contributed by atoms with Crippen molar-refractivity contribution in [1.82, 2.24) is 14.8 Å². The van der Waals surface area contributed by atoms with E-state index in [-0.39, 0.29) is 16.9 Å². The van der Waals surface area contributed by atoms with Crippen LogP contribution in [0, 0.1) is 5.82 Å². The van der Waals surface area contributed by atoms with E-state index in [1.54, 1.807) is 11.3 Å². The predicted molar refractivity (Wildman–Crippen MR) is 95.1 cm³/mol. The number of benzene rings is 1. The molecule has 0 aliphatic carbocycles. The molecule has 1 unspecified atom stereocenters. The van der Waals surface area contributed by atoms with Crippen LogP contribution in [-0.4, -0.2) is 25.8 Å². The van der Waals surface area contributed by atoms with Crippen LogP contribution in [0.15, 0.2) is 46.9 Å². The van der Waals surface area contributed by atoms with Gasteiger partial charge in [0, 0.05) is 12.1 Å². The molecule has 2 heterocycles. The number of halogens is 1. The molecule has 7 heteroatoms. The van der Waals surface area contributed by atoms with Crippen molar-refractivity contribution < 1.29 is 9.18 Å². The highest BCUT2D eigenvalue weighted by atomic mass is 32.2. The average Bonchev–Trinajstić information content (AvgIpc) is 3.23. The first kappa shape index (κ1) is 16.9. The van der Waals surface area contributed by atoms with Gasteiger partial charge in [0.1, 0.15) is 5.82 Å². The summed E-state index contributed by atoms with van der Waals surface area (Å²) in [7, 11) is 0. The van der Waals surface area contributed by atoms with Gasteiger partial charge < -0.3 is 4.57 Å². The van der Waals surface area contributed by atoms with Crippen molar-refractivity contribution in [2.75, 3.05) is 0 Å². The maximum atomic E-state index is 13.0. The second-order valence-electron chi connectivity index (χ2n) is 5.16. The van der Waals surface area contributed by atoms with Crippen molar-refractivity contribution in [2.45, 2.75) is 30.8 Å². The molecule has 0 bridgehead atoms. The summed E-state index contributed by atoms with van der Waals surface area (Å²) < 4.78 is 15.0. The van der Waals surface area contributed by atoms with E-state index in [4.69, 9.17) is 0 Å². The monoisotopic (exact) mass is 361 g/mol. The van der Waals surface area contributed by atoms with Gasteiger partial charge in [-0.3, -0.25) is 4.79 Å². The Kier molecular flexibility index (Phi) is 5.11. The third-order valence-corrected chi connectivity index (χ3v) is 5.50. The highest BCUT2D eigenvalue weighted by Gasteiger charge is 2.21. The minimum Gasteiger partial charge on any atom is -0.302 e. The molecule has 3 rings (SSSR count). The predicted octanol–water partition coefficient (Wildman–Crippen LogP) is 4.53. The molecule has 0 radical (unpaired) electrons. The molecule has 0 spiro atoms. The maximum absolute atomic E-state index is 13.0. The molecule has 1 atom stereocenters. The molecule has 4 nitrogen and oxygen atoms in total. The third-order valence-electron chi connectivity index (χ3n) is 3.55. The topological polar surface area (TPSA) is 47.8 Å². The molecule has 1 aromatic carbocycles. The van der Waals surface area contributed by atoms with Crippen molar-refractivity contribution in [2.24, 2.45) is 0 Å². The van der Waals surface area contributed by atoms with Gasteiger partial charge in [0.15, 0.2) is 16.8 Å². The number of rotatable bonds is 6. The lowest BCUT2D eigenvalue weighted by molar-refractivity contribution is 0.0994. The van der Waals surface area contributed by atoms with Gasteiger partial charge in [-0.1, -0.05) is 17.8 Å². The first-order valence-corrected chi connectivity index (χ1v) is 9.29. The van der Waals surface area contributed by atoms with E-state index >= 15 is 0 Å². The molecule has 0 N–H and O–H groups in total. The van der Waals surface area contributed by atoms with Gasteiger partial charge >= 0.3 is 0 Å². The van der Waals surface area contributed by atoms with Crippen molar-refractivity contribution in [1.29, 1.82) is 0 Å². The number of carbonyl (C=O) groups is 1. The smallest absolute Gasteiger partial charge is 0.192 e. The fourth-order valence-electron chi connectivity index (χ4n) is 2.31. The molecule has 0 amide bonds. The van der Waals surface area contributed by atoms with E-state index in [1.165, 1.54) is 36.0 Å². The molecule has 0 fully saturated rings. The number of carbonyl (C=O) groups excluding carboxylic acids is 1. The molecular formula is C17H16FN3OS2. The van der Waals surface area contributed by atoms with Crippen LogP contribution in [0.4, 0.5) is 4.39 Å². The van der Waals surface area contributed by atoms with E-state index in [0.717, 1.165) is 17.2 Å². The van der Waals surface area contributed by atoms with E-state index in [1.807, 2.05) is 35.9 Å². The van der Waals surface area contributed by atoms with E-state index in [9.17, 15) is 9.18 Å². The summed E-state index contributed by atoms with van der Waals surface area (Å²) >= 11 is 2.98. The molecule has 0 aliphatic rings. The van der Waals surface area contributed by atoms with Crippen LogP contribution in [-0.2, 0) is 6.54 Å². The number of hydrogen-bond donors (Lipinski definition) is 0. The number of hydrogen-bond acceptors (Lipinski definition) is 5. The molecule has 0 aliphatic heterocycles. The van der Waals surface area contributed by atoms with Crippen molar-refractivity contribution in [3.63, 3.8) is 0 Å². The minimum absolute atomic E-state index is 0.0525. The molecule has 124 valence electrons. The van der Waals surface area contributed by atoms with Crippen LogP contribution in [0.2, 0.25) is 0 Å². The van der Waals surface area contributed by atoms with Crippen LogP contribution in [0.3, 0.4) is 0 Å². The largest absolute Gasteiger partial charge is 0.302 e. The Balaban J connectivity index is 1.80. The molecule has 0 saturated carbocycles. The minimum atomic E-state index is -0.349. The summed E-state index contributed by atoms with van der Waals surface area (Å²) in [5.41, 5.74) is 0.498. The molecule has 0 saturated heterocycles. The van der Waals surface area contributed by atoms with Crippen molar-refractivity contribution in [3.05, 3.63) is 53.2 Å². The highest BCUT2D eigenvalue weighted by Crippen LogP contribution is 2.30. The lowest BCUT2D eigenvalue weighted by Crippen LogP contribution is -2.14. The summed E-state index contributed by atoms with van der Waals surface area (Å²) in [5, 5.41) is 10.9. The van der Waals surface area contributed by atoms with Gasteiger partial charge in [-0.2, -0.15) is 0 Å². The van der Waals surface area contributed by atoms with Crippen molar-refractivity contribution >= 4 is 28.9 Å². The zero-order chi connectivity index (χ0) is 17.1. The van der Waals surface area contributed by atoms with Gasteiger partial charge in [-0.25, -0.2) is 4.39 Å². The van der Waals surface area contributed by atoms with Gasteiger partial charge in [-0.15, -0.1) is 21.5 Å². The number of thioether (sulfide) groups is 1. The number of nitrogens with zero attached hydrogens (tertiary/aromatic N) is 3. The van der Waals surface area contributed by atoms with E-state index < -0.39 is 0 Å². The fraction of sp³-hybridized carbons (Fsp3) is 0.235. The maximum Gasteiger partial charge on any atom is 0.192 e. The summed E-state index contributed by atoms with van der Waals surface area (Å²) in [6.45, 7) is 4.58. The fourth-order valence-corrected chi connectivity index (χ4v) is 4.02. The Morgan fingerprint density at radius 2 is 2.04 bits per heavy atom. The quantitative estimate of drug-likeness (QED) is 0.478. The Hall–Kier alpha value is -1.99. The van der Waals surface area contributed by atoms with Crippen LogP contribution >= 0.6 is 23.1 Å². The molecule has 2 aromatic heterocycles. The Morgan fingerprint density at radius 1 is 1.29 bits per heavy atom. The molecular weight excluding hydrogens is 345 g/mol. The number of aromatic nitrogens is 3. The van der Waals surface area contributed by atoms with E-state index in [0.29, 0.717) is 10.7 Å². The number of thiophene rings is 1. The summed E-state index contributed by atoms with van der Waals surface area (Å²) in [4.78, 5) is 13.5. The summed E-state index contributed by atoms with van der Waals surface area (Å²) in [6, 6.07) is 9.60. The Morgan fingerprint density at radius 3 is 2.67 bits per heavy atom. The standard InChI is InChI=1S/C17H16FN3OS2/c1-3-21-16(14-5-4-10-23-14)19-20-17(21)24-11(2)15(22)12-6-8-13(18)9-7-12/h4-11H,3H2,1-2H3. The number of Topliss-reactive ketones (excluding diaryl/α,β-unsaturated/α-hetero) is 1. The Labute approximate surface area is 147 Å². The van der Waals surface area contributed by atoms with E-state index in [2.05, 4.69) is 10.2 Å². The summed E-state index contributed by atoms with van der Waals surface area (Å²) in [6.07, 6.45) is 0. The summed E-state index contributed by atoms with van der Waals surface area (Å²) in [5.74, 6) is 0.415. The normalized spacial score (nSPS) is 12.3. The van der Waals surface area contributed by atoms with Crippen molar-refractivity contribution in [3.8, 4) is 10.7 Å².